The second kappa shape index (κ2) is 7.22. The number of rotatable bonds is 6. The summed E-state index contributed by atoms with van der Waals surface area (Å²) in [6.45, 7) is 2.60. The van der Waals surface area contributed by atoms with Gasteiger partial charge in [-0.25, -0.2) is 9.18 Å². The molecule has 1 fully saturated rings. The summed E-state index contributed by atoms with van der Waals surface area (Å²) in [5.74, 6) is -1.25. The number of likely N-dealkylation sites (N-methyl/N-ethyl adjacent to an activating group) is 1. The number of carbonyl (C=O) groups excluding carboxylic acids is 1. The third-order valence-corrected chi connectivity index (χ3v) is 3.79. The highest BCUT2D eigenvalue weighted by atomic mass is 19.1. The molecule has 1 aliphatic carbocycles. The second-order valence-corrected chi connectivity index (χ2v) is 5.39. The van der Waals surface area contributed by atoms with Gasteiger partial charge in [0.25, 0.3) is 0 Å². The zero-order chi connectivity index (χ0) is 16.1. The van der Waals surface area contributed by atoms with Crippen molar-refractivity contribution in [1.82, 2.24) is 10.2 Å². The lowest BCUT2D eigenvalue weighted by molar-refractivity contribution is -0.139. The number of carbonyl (C=O) groups is 2. The number of amides is 2. The summed E-state index contributed by atoms with van der Waals surface area (Å²) in [6.07, 6.45) is 1.44. The molecule has 0 saturated heterocycles. The lowest BCUT2D eigenvalue weighted by Crippen LogP contribution is -2.55. The minimum atomic E-state index is -0.845. The third kappa shape index (κ3) is 4.42. The molecule has 6 nitrogen and oxygen atoms in total. The van der Waals surface area contributed by atoms with Crippen LogP contribution in [0.25, 0.3) is 0 Å². The highest BCUT2D eigenvalue weighted by Crippen LogP contribution is 2.25. The van der Waals surface area contributed by atoms with Crippen LogP contribution >= 0.6 is 0 Å². The molecule has 2 rings (SSSR count). The molecule has 0 aromatic heterocycles. The van der Waals surface area contributed by atoms with Crippen LogP contribution in [0.5, 0.6) is 0 Å². The average molecular weight is 309 g/mol. The van der Waals surface area contributed by atoms with Gasteiger partial charge in [0.05, 0.1) is 6.54 Å². The van der Waals surface area contributed by atoms with Crippen molar-refractivity contribution in [1.29, 1.82) is 0 Å². The number of hydrogen-bond donors (Lipinski definition) is 3. The highest BCUT2D eigenvalue weighted by Gasteiger charge is 2.34. The summed E-state index contributed by atoms with van der Waals surface area (Å²) in [5, 5.41) is 14.2. The van der Waals surface area contributed by atoms with Gasteiger partial charge in [-0.15, -0.1) is 0 Å². The van der Waals surface area contributed by atoms with Crippen molar-refractivity contribution < 1.29 is 19.1 Å². The minimum absolute atomic E-state index is 0.0152. The molecule has 22 heavy (non-hydrogen) atoms. The molecule has 1 aliphatic rings. The number of nitrogens with one attached hydrogen (secondary N) is 2. The van der Waals surface area contributed by atoms with Gasteiger partial charge in [-0.05, 0) is 37.6 Å². The number of carboxylic acids is 1. The number of urea groups is 1. The van der Waals surface area contributed by atoms with E-state index in [1.165, 1.54) is 18.2 Å². The first kappa shape index (κ1) is 16.2. The first-order valence-corrected chi connectivity index (χ1v) is 7.27. The van der Waals surface area contributed by atoms with Gasteiger partial charge in [0.15, 0.2) is 0 Å². The molecular weight excluding hydrogens is 289 g/mol. The molecule has 0 heterocycles. The average Bonchev–Trinajstić information content (AvgIpc) is 2.40. The van der Waals surface area contributed by atoms with Gasteiger partial charge in [0.2, 0.25) is 0 Å². The Labute approximate surface area is 128 Å². The maximum Gasteiger partial charge on any atom is 0.319 e. The molecule has 1 aromatic rings. The van der Waals surface area contributed by atoms with Crippen molar-refractivity contribution in [3.05, 3.63) is 30.1 Å². The van der Waals surface area contributed by atoms with E-state index >= 15 is 0 Å². The van der Waals surface area contributed by atoms with E-state index in [4.69, 9.17) is 5.11 Å². The fraction of sp³-hybridized carbons (Fsp3) is 0.467. The van der Waals surface area contributed by atoms with E-state index in [1.54, 1.807) is 6.07 Å². The van der Waals surface area contributed by atoms with Crippen LogP contribution in [0.3, 0.4) is 0 Å². The zero-order valence-electron chi connectivity index (χ0n) is 12.4. The molecule has 7 heteroatoms. The van der Waals surface area contributed by atoms with Crippen LogP contribution in [-0.2, 0) is 4.79 Å². The summed E-state index contributed by atoms with van der Waals surface area (Å²) < 4.78 is 13.0. The van der Waals surface area contributed by atoms with Crippen molar-refractivity contribution in [2.75, 3.05) is 18.4 Å². The SMILES string of the molecule is CCN(CC(=O)O)C1CC(NC(=O)Nc2cccc(F)c2)C1. The van der Waals surface area contributed by atoms with Gasteiger partial charge in [0, 0.05) is 17.8 Å². The Morgan fingerprint density at radius 2 is 2.14 bits per heavy atom. The van der Waals surface area contributed by atoms with Crippen molar-refractivity contribution in [2.45, 2.75) is 31.8 Å². The van der Waals surface area contributed by atoms with Gasteiger partial charge in [-0.3, -0.25) is 9.69 Å². The topological polar surface area (TPSA) is 81.7 Å². The monoisotopic (exact) mass is 309 g/mol. The van der Waals surface area contributed by atoms with Gasteiger partial charge >= 0.3 is 12.0 Å². The molecule has 0 atom stereocenters. The quantitative estimate of drug-likeness (QED) is 0.749. The fourth-order valence-corrected chi connectivity index (χ4v) is 2.60. The van der Waals surface area contributed by atoms with E-state index < -0.39 is 11.8 Å². The van der Waals surface area contributed by atoms with Crippen LogP contribution in [0, 0.1) is 5.82 Å². The van der Waals surface area contributed by atoms with Crippen LogP contribution in [0.1, 0.15) is 19.8 Å². The largest absolute Gasteiger partial charge is 0.480 e. The second-order valence-electron chi connectivity index (χ2n) is 5.39. The van der Waals surface area contributed by atoms with Crippen molar-refractivity contribution >= 4 is 17.7 Å². The van der Waals surface area contributed by atoms with Crippen LogP contribution in [0.15, 0.2) is 24.3 Å². The number of carboxylic acid groups (broad SMARTS) is 1. The number of hydrogen-bond acceptors (Lipinski definition) is 3. The van der Waals surface area contributed by atoms with Crippen LogP contribution in [0.4, 0.5) is 14.9 Å². The minimum Gasteiger partial charge on any atom is -0.480 e. The lowest BCUT2D eigenvalue weighted by Gasteiger charge is -2.42. The van der Waals surface area contributed by atoms with E-state index in [0.717, 1.165) is 12.8 Å². The summed E-state index contributed by atoms with van der Waals surface area (Å²) in [4.78, 5) is 24.4. The Morgan fingerprint density at radius 3 is 2.73 bits per heavy atom. The van der Waals surface area contributed by atoms with Gasteiger partial charge < -0.3 is 15.7 Å². The highest BCUT2D eigenvalue weighted by molar-refractivity contribution is 5.89. The predicted octanol–water partition coefficient (Wildman–Crippen LogP) is 1.88. The van der Waals surface area contributed by atoms with E-state index in [-0.39, 0.29) is 24.7 Å². The van der Waals surface area contributed by atoms with E-state index in [0.29, 0.717) is 12.2 Å². The number of benzene rings is 1. The molecule has 0 spiro atoms. The summed E-state index contributed by atoms with van der Waals surface area (Å²) in [6, 6.07) is 5.50. The Kier molecular flexibility index (Phi) is 5.32. The Hall–Kier alpha value is -2.15. The molecule has 0 unspecified atom stereocenters. The lowest BCUT2D eigenvalue weighted by atomic mass is 9.85. The normalized spacial score (nSPS) is 20.3. The Balaban J connectivity index is 1.75. The number of nitrogens with zero attached hydrogens (tertiary/aromatic N) is 1. The van der Waals surface area contributed by atoms with Crippen LogP contribution in [-0.4, -0.2) is 47.2 Å². The molecule has 3 N–H and O–H groups in total. The smallest absolute Gasteiger partial charge is 0.319 e. The molecule has 0 aliphatic heterocycles. The Morgan fingerprint density at radius 1 is 1.41 bits per heavy atom. The maximum atomic E-state index is 13.0. The van der Waals surface area contributed by atoms with Gasteiger partial charge in [-0.1, -0.05) is 13.0 Å². The van der Waals surface area contributed by atoms with Crippen molar-refractivity contribution in [3.8, 4) is 0 Å². The first-order valence-electron chi connectivity index (χ1n) is 7.27. The molecule has 1 aromatic carbocycles. The number of anilines is 1. The van der Waals surface area contributed by atoms with Crippen molar-refractivity contribution in [3.63, 3.8) is 0 Å². The van der Waals surface area contributed by atoms with Crippen LogP contribution in [0.2, 0.25) is 0 Å². The number of aliphatic carboxylic acids is 1. The summed E-state index contributed by atoms with van der Waals surface area (Å²) in [7, 11) is 0. The molecule has 120 valence electrons. The van der Waals surface area contributed by atoms with Gasteiger partial charge in [0.1, 0.15) is 5.82 Å². The standard InChI is InChI=1S/C15H20FN3O3/c1-2-19(9-14(20)21)13-7-12(8-13)18-15(22)17-11-5-3-4-10(16)6-11/h3-6,12-13H,2,7-9H2,1H3,(H,20,21)(H2,17,18,22). The van der Waals surface area contributed by atoms with Crippen molar-refractivity contribution in [2.24, 2.45) is 0 Å². The summed E-state index contributed by atoms with van der Waals surface area (Å²) >= 11 is 0. The third-order valence-electron chi connectivity index (χ3n) is 3.79. The summed E-state index contributed by atoms with van der Waals surface area (Å²) in [5.41, 5.74) is 0.398. The van der Waals surface area contributed by atoms with E-state index in [1.807, 2.05) is 11.8 Å². The fourth-order valence-electron chi connectivity index (χ4n) is 2.60. The number of halogens is 1. The first-order chi connectivity index (χ1) is 10.5. The predicted molar refractivity (Wildman–Crippen MR) is 80.2 cm³/mol. The molecule has 1 saturated carbocycles. The molecule has 2 amide bonds. The molecule has 0 radical (unpaired) electrons. The van der Waals surface area contributed by atoms with E-state index in [2.05, 4.69) is 10.6 Å². The van der Waals surface area contributed by atoms with Crippen LogP contribution < -0.4 is 10.6 Å². The maximum absolute atomic E-state index is 13.0. The van der Waals surface area contributed by atoms with E-state index in [9.17, 15) is 14.0 Å². The Bertz CT molecular complexity index is 547. The molecule has 0 bridgehead atoms. The van der Waals surface area contributed by atoms with Gasteiger partial charge in [-0.2, -0.15) is 0 Å². The molecular formula is C15H20FN3O3. The zero-order valence-corrected chi connectivity index (χ0v) is 12.4.